The molecule has 0 aliphatic heterocycles. The topological polar surface area (TPSA) is 92.3 Å². The van der Waals surface area contributed by atoms with E-state index in [0.717, 1.165) is 38.5 Å². The molecule has 1 saturated carbocycles. The fraction of sp³-hybridized carbons (Fsp3) is 0.435. The van der Waals surface area contributed by atoms with Gasteiger partial charge >= 0.3 is 0 Å². The van der Waals surface area contributed by atoms with Gasteiger partial charge in [-0.2, -0.15) is 5.26 Å². The second-order valence-corrected chi connectivity index (χ2v) is 7.48. The maximum absolute atomic E-state index is 13.3. The van der Waals surface area contributed by atoms with Crippen LogP contribution in [0.5, 0.6) is 11.6 Å². The van der Waals surface area contributed by atoms with Crippen LogP contribution in [0.1, 0.15) is 78.5 Å². The number of rotatable bonds is 7. The number of ketones is 1. The highest BCUT2D eigenvalue weighted by Gasteiger charge is 2.29. The van der Waals surface area contributed by atoms with Crippen molar-refractivity contribution in [3.8, 4) is 17.7 Å². The smallest absolute Gasteiger partial charge is 0.271 e. The summed E-state index contributed by atoms with van der Waals surface area (Å²) < 4.78 is 6.92. The zero-order valence-corrected chi connectivity index (χ0v) is 16.9. The third kappa shape index (κ3) is 4.04. The summed E-state index contributed by atoms with van der Waals surface area (Å²) >= 11 is 0. The van der Waals surface area contributed by atoms with Crippen molar-refractivity contribution in [2.75, 3.05) is 6.61 Å². The number of nitrogens with zero attached hydrogens (tertiary/aromatic N) is 2. The third-order valence-corrected chi connectivity index (χ3v) is 5.53. The lowest BCUT2D eigenvalue weighted by molar-refractivity contribution is 0.103. The number of pyridine rings is 1. The standard InChI is InChI=1S/C23H26N2O4/c1-3-4-12-29-18-11-7-8-16(13-18)21(26)20-15(2)19(14-24)22(27)25(23(20)28)17-9-5-6-10-17/h7-8,11,13,17,28H,3-6,9-10,12H2,1-2H3. The molecule has 6 nitrogen and oxygen atoms in total. The zero-order valence-electron chi connectivity index (χ0n) is 16.9. The van der Waals surface area contributed by atoms with E-state index in [1.54, 1.807) is 24.3 Å². The van der Waals surface area contributed by atoms with Crippen LogP contribution in [-0.4, -0.2) is 22.1 Å². The van der Waals surface area contributed by atoms with Gasteiger partial charge in [0.1, 0.15) is 17.4 Å². The molecule has 1 aromatic heterocycles. The van der Waals surface area contributed by atoms with Crippen molar-refractivity contribution in [3.05, 3.63) is 56.9 Å². The largest absolute Gasteiger partial charge is 0.494 e. The number of carbonyl (C=O) groups excluding carboxylic acids is 1. The predicted octanol–water partition coefficient (Wildman–Crippen LogP) is 4.26. The minimum absolute atomic E-state index is 0.0127. The quantitative estimate of drug-likeness (QED) is 0.559. The van der Waals surface area contributed by atoms with E-state index < -0.39 is 11.3 Å². The van der Waals surface area contributed by atoms with E-state index in [1.807, 2.05) is 6.07 Å². The Morgan fingerprint density at radius 2 is 2.07 bits per heavy atom. The molecule has 6 heteroatoms. The third-order valence-electron chi connectivity index (χ3n) is 5.53. The lowest BCUT2D eigenvalue weighted by Gasteiger charge is -2.20. The molecule has 0 atom stereocenters. The molecule has 152 valence electrons. The van der Waals surface area contributed by atoms with E-state index in [9.17, 15) is 20.0 Å². The Kier molecular flexibility index (Phi) is 6.38. The van der Waals surface area contributed by atoms with Crippen LogP contribution >= 0.6 is 0 Å². The average Bonchev–Trinajstić information content (AvgIpc) is 3.23. The zero-order chi connectivity index (χ0) is 21.0. The summed E-state index contributed by atoms with van der Waals surface area (Å²) in [6, 6.07) is 8.51. The summed E-state index contributed by atoms with van der Waals surface area (Å²) in [6.07, 6.45) is 5.31. The van der Waals surface area contributed by atoms with Crippen LogP contribution in [0.15, 0.2) is 29.1 Å². The fourth-order valence-electron chi connectivity index (χ4n) is 3.90. The summed E-state index contributed by atoms with van der Waals surface area (Å²) in [6.45, 7) is 4.16. The molecule has 0 radical (unpaired) electrons. The number of carbonyl (C=O) groups is 1. The number of aromatic hydroxyl groups is 1. The van der Waals surface area contributed by atoms with Crippen molar-refractivity contribution in [3.63, 3.8) is 0 Å². The Labute approximate surface area is 170 Å². The number of hydrogen-bond acceptors (Lipinski definition) is 5. The molecule has 0 unspecified atom stereocenters. The molecule has 1 fully saturated rings. The van der Waals surface area contributed by atoms with E-state index in [0.29, 0.717) is 17.9 Å². The summed E-state index contributed by atoms with van der Waals surface area (Å²) in [4.78, 5) is 26.1. The Hall–Kier alpha value is -3.07. The first-order valence-electron chi connectivity index (χ1n) is 10.1. The van der Waals surface area contributed by atoms with Crippen molar-refractivity contribution in [2.24, 2.45) is 0 Å². The van der Waals surface area contributed by atoms with Gasteiger partial charge in [-0.25, -0.2) is 0 Å². The van der Waals surface area contributed by atoms with Crippen LogP contribution in [0.3, 0.4) is 0 Å². The Morgan fingerprint density at radius 1 is 1.34 bits per heavy atom. The summed E-state index contributed by atoms with van der Waals surface area (Å²) in [5.41, 5.74) is -0.0424. The molecule has 29 heavy (non-hydrogen) atoms. The van der Waals surface area contributed by atoms with Crippen LogP contribution in [0, 0.1) is 18.3 Å². The van der Waals surface area contributed by atoms with Gasteiger partial charge in [0.2, 0.25) is 5.88 Å². The molecule has 0 saturated heterocycles. The second-order valence-electron chi connectivity index (χ2n) is 7.48. The molecule has 0 bridgehead atoms. The normalized spacial score (nSPS) is 14.0. The van der Waals surface area contributed by atoms with Gasteiger partial charge in [0.05, 0.1) is 12.2 Å². The van der Waals surface area contributed by atoms with Gasteiger partial charge in [-0.1, -0.05) is 38.3 Å². The molecule has 0 amide bonds. The summed E-state index contributed by atoms with van der Waals surface area (Å²) in [7, 11) is 0. The first-order valence-corrected chi connectivity index (χ1v) is 10.1. The molecule has 2 aromatic rings. The SMILES string of the molecule is CCCCOc1cccc(C(=O)c2c(C)c(C#N)c(=O)n(C3CCCC3)c2O)c1. The summed E-state index contributed by atoms with van der Waals surface area (Å²) in [5, 5.41) is 20.4. The molecule has 1 aliphatic rings. The monoisotopic (exact) mass is 394 g/mol. The first-order chi connectivity index (χ1) is 14.0. The maximum Gasteiger partial charge on any atom is 0.271 e. The van der Waals surface area contributed by atoms with E-state index in [1.165, 1.54) is 11.5 Å². The van der Waals surface area contributed by atoms with Gasteiger partial charge in [-0.15, -0.1) is 0 Å². The van der Waals surface area contributed by atoms with Crippen molar-refractivity contribution in [2.45, 2.75) is 58.4 Å². The molecule has 1 N–H and O–H groups in total. The molecular weight excluding hydrogens is 368 g/mol. The summed E-state index contributed by atoms with van der Waals surface area (Å²) in [5.74, 6) is -0.198. The number of aromatic nitrogens is 1. The Morgan fingerprint density at radius 3 is 2.72 bits per heavy atom. The Balaban J connectivity index is 2.07. The fourth-order valence-corrected chi connectivity index (χ4v) is 3.90. The number of hydrogen-bond donors (Lipinski definition) is 1. The second kappa shape index (κ2) is 8.95. The van der Waals surface area contributed by atoms with Crippen molar-refractivity contribution in [1.29, 1.82) is 5.26 Å². The Bertz CT molecular complexity index is 1010. The highest BCUT2D eigenvalue weighted by atomic mass is 16.5. The van der Waals surface area contributed by atoms with Crippen LogP contribution < -0.4 is 10.3 Å². The highest BCUT2D eigenvalue weighted by molar-refractivity contribution is 6.11. The van der Waals surface area contributed by atoms with Crippen LogP contribution in [-0.2, 0) is 0 Å². The van der Waals surface area contributed by atoms with E-state index in [-0.39, 0.29) is 28.6 Å². The van der Waals surface area contributed by atoms with Crippen molar-refractivity contribution in [1.82, 2.24) is 4.57 Å². The van der Waals surface area contributed by atoms with Gasteiger partial charge in [-0.3, -0.25) is 14.2 Å². The number of ether oxygens (including phenoxy) is 1. The van der Waals surface area contributed by atoms with Crippen LogP contribution in [0.2, 0.25) is 0 Å². The van der Waals surface area contributed by atoms with Gasteiger partial charge in [0, 0.05) is 11.6 Å². The number of unbranched alkanes of at least 4 members (excludes halogenated alkanes) is 1. The highest BCUT2D eigenvalue weighted by Crippen LogP contribution is 2.34. The van der Waals surface area contributed by atoms with Gasteiger partial charge in [0.25, 0.3) is 5.56 Å². The van der Waals surface area contributed by atoms with Gasteiger partial charge in [-0.05, 0) is 43.9 Å². The van der Waals surface area contributed by atoms with Crippen LogP contribution in [0.25, 0.3) is 0 Å². The lowest BCUT2D eigenvalue weighted by atomic mass is 9.96. The predicted molar refractivity (Wildman–Crippen MR) is 110 cm³/mol. The van der Waals surface area contributed by atoms with Gasteiger partial charge < -0.3 is 9.84 Å². The van der Waals surface area contributed by atoms with Crippen molar-refractivity contribution >= 4 is 5.78 Å². The van der Waals surface area contributed by atoms with Gasteiger partial charge in [0.15, 0.2) is 5.78 Å². The molecular formula is C23H26N2O4. The number of nitriles is 1. The molecule has 1 aliphatic carbocycles. The molecule has 0 spiro atoms. The minimum Gasteiger partial charge on any atom is -0.494 e. The van der Waals surface area contributed by atoms with E-state index >= 15 is 0 Å². The number of benzene rings is 1. The molecule has 3 rings (SSSR count). The van der Waals surface area contributed by atoms with Crippen molar-refractivity contribution < 1.29 is 14.6 Å². The van der Waals surface area contributed by atoms with E-state index in [2.05, 4.69) is 6.92 Å². The average molecular weight is 394 g/mol. The molecule has 1 aromatic carbocycles. The lowest BCUT2D eigenvalue weighted by Crippen LogP contribution is -2.29. The maximum atomic E-state index is 13.3. The molecule has 1 heterocycles. The minimum atomic E-state index is -0.525. The first kappa shape index (κ1) is 20.7. The van der Waals surface area contributed by atoms with E-state index in [4.69, 9.17) is 4.74 Å². The van der Waals surface area contributed by atoms with Crippen LogP contribution in [0.4, 0.5) is 0 Å².